The molecule has 2 N–H and O–H groups in total. The van der Waals surface area contributed by atoms with E-state index in [1.807, 2.05) is 7.05 Å². The Morgan fingerprint density at radius 2 is 1.95 bits per heavy atom. The number of sulfone groups is 1. The Hall–Kier alpha value is -0.430. The monoisotopic (exact) mass is 374 g/mol. The summed E-state index contributed by atoms with van der Waals surface area (Å²) < 4.78 is 25.6. The van der Waals surface area contributed by atoms with Crippen LogP contribution in [0.1, 0.15) is 19.3 Å². The largest absolute Gasteiger partial charge is 0.330 e. The van der Waals surface area contributed by atoms with Crippen molar-refractivity contribution in [3.63, 3.8) is 0 Å². The molecule has 2 atom stereocenters. The highest BCUT2D eigenvalue weighted by Crippen LogP contribution is 2.28. The van der Waals surface area contributed by atoms with E-state index in [1.165, 1.54) is 6.42 Å². The minimum absolute atomic E-state index is 0.152. The molecular weight excluding hydrogens is 352 g/mol. The first-order valence-corrected chi connectivity index (χ1v) is 9.77. The van der Waals surface area contributed by atoms with Gasteiger partial charge >= 0.3 is 0 Å². The third-order valence-electron chi connectivity index (χ3n) is 4.37. The van der Waals surface area contributed by atoms with E-state index < -0.39 is 9.84 Å². The highest BCUT2D eigenvalue weighted by molar-refractivity contribution is 9.10. The zero-order valence-electron chi connectivity index (χ0n) is 12.3. The van der Waals surface area contributed by atoms with Crippen molar-refractivity contribution in [2.45, 2.75) is 30.2 Å². The molecule has 1 aliphatic carbocycles. The van der Waals surface area contributed by atoms with Gasteiger partial charge in [0.05, 0.1) is 10.6 Å². The Balaban J connectivity index is 1.96. The summed E-state index contributed by atoms with van der Waals surface area (Å²) in [6, 6.07) is 7.25. The fourth-order valence-corrected chi connectivity index (χ4v) is 4.64. The number of rotatable bonds is 6. The quantitative estimate of drug-likeness (QED) is 0.829. The maximum atomic E-state index is 12.3. The van der Waals surface area contributed by atoms with Crippen LogP contribution in [0.25, 0.3) is 0 Å². The maximum Gasteiger partial charge on any atom is 0.179 e. The summed E-state index contributed by atoms with van der Waals surface area (Å²) in [5, 5.41) is 0. The molecule has 118 valence electrons. The van der Waals surface area contributed by atoms with Gasteiger partial charge < -0.3 is 10.6 Å². The number of benzene rings is 1. The van der Waals surface area contributed by atoms with Gasteiger partial charge in [-0.3, -0.25) is 0 Å². The maximum absolute atomic E-state index is 12.3. The standard InChI is InChI=1S/C15H23BrN2O2S/c1-18(15-4-2-3-12(15)11-17)9-10-21(19,20)14-7-5-13(16)6-8-14/h5-8,12,15H,2-4,9-11,17H2,1H3. The second-order valence-corrected chi connectivity index (χ2v) is 8.77. The van der Waals surface area contributed by atoms with Gasteiger partial charge in [0.2, 0.25) is 0 Å². The zero-order chi connectivity index (χ0) is 15.5. The van der Waals surface area contributed by atoms with E-state index in [0.717, 1.165) is 17.3 Å². The molecule has 1 fully saturated rings. The molecule has 0 radical (unpaired) electrons. The molecule has 2 unspecified atom stereocenters. The first-order valence-electron chi connectivity index (χ1n) is 7.32. The van der Waals surface area contributed by atoms with Gasteiger partial charge in [-0.25, -0.2) is 8.42 Å². The molecule has 0 spiro atoms. The zero-order valence-corrected chi connectivity index (χ0v) is 14.7. The van der Waals surface area contributed by atoms with Crippen LogP contribution < -0.4 is 5.73 Å². The lowest BCUT2D eigenvalue weighted by Gasteiger charge is -2.28. The topological polar surface area (TPSA) is 63.4 Å². The second-order valence-electron chi connectivity index (χ2n) is 5.75. The smallest absolute Gasteiger partial charge is 0.179 e. The van der Waals surface area contributed by atoms with Crippen LogP contribution in [0.15, 0.2) is 33.6 Å². The molecule has 1 aliphatic rings. The second kappa shape index (κ2) is 7.22. The van der Waals surface area contributed by atoms with Crippen LogP contribution in [-0.4, -0.2) is 45.2 Å². The van der Waals surface area contributed by atoms with Crippen molar-refractivity contribution in [1.29, 1.82) is 0 Å². The summed E-state index contributed by atoms with van der Waals surface area (Å²) in [7, 11) is -1.21. The van der Waals surface area contributed by atoms with Gasteiger partial charge in [-0.05, 0) is 56.6 Å². The molecule has 1 aromatic rings. The first-order chi connectivity index (χ1) is 9.94. The molecule has 1 saturated carbocycles. The molecule has 0 heterocycles. The van der Waals surface area contributed by atoms with Crippen molar-refractivity contribution in [2.75, 3.05) is 25.9 Å². The Morgan fingerprint density at radius 1 is 1.29 bits per heavy atom. The van der Waals surface area contributed by atoms with E-state index in [4.69, 9.17) is 5.73 Å². The summed E-state index contributed by atoms with van der Waals surface area (Å²) in [4.78, 5) is 2.56. The molecule has 4 nitrogen and oxygen atoms in total. The summed E-state index contributed by atoms with van der Waals surface area (Å²) in [6.45, 7) is 1.24. The van der Waals surface area contributed by atoms with Crippen molar-refractivity contribution in [3.05, 3.63) is 28.7 Å². The number of hydrogen-bond donors (Lipinski definition) is 1. The predicted molar refractivity (Wildman–Crippen MR) is 89.0 cm³/mol. The van der Waals surface area contributed by atoms with E-state index in [-0.39, 0.29) is 5.75 Å². The van der Waals surface area contributed by atoms with E-state index >= 15 is 0 Å². The van der Waals surface area contributed by atoms with Gasteiger partial charge in [-0.2, -0.15) is 0 Å². The summed E-state index contributed by atoms with van der Waals surface area (Å²) in [5.41, 5.74) is 5.80. The highest BCUT2D eigenvalue weighted by Gasteiger charge is 2.29. The van der Waals surface area contributed by atoms with Crippen LogP contribution >= 0.6 is 15.9 Å². The third-order valence-corrected chi connectivity index (χ3v) is 6.61. The number of hydrogen-bond acceptors (Lipinski definition) is 4. The normalized spacial score (nSPS) is 22.9. The molecule has 6 heteroatoms. The molecular formula is C15H23BrN2O2S. The molecule has 1 aromatic carbocycles. The van der Waals surface area contributed by atoms with E-state index in [9.17, 15) is 8.42 Å². The van der Waals surface area contributed by atoms with Gasteiger partial charge in [0.1, 0.15) is 0 Å². The van der Waals surface area contributed by atoms with Crippen molar-refractivity contribution < 1.29 is 8.42 Å². The number of nitrogens with zero attached hydrogens (tertiary/aromatic N) is 1. The van der Waals surface area contributed by atoms with Gasteiger partial charge in [0, 0.05) is 17.1 Å². The van der Waals surface area contributed by atoms with Crippen LogP contribution in [0.2, 0.25) is 0 Å². The van der Waals surface area contributed by atoms with E-state index in [2.05, 4.69) is 20.8 Å². The minimum atomic E-state index is -3.22. The summed E-state index contributed by atoms with van der Waals surface area (Å²) in [6.07, 6.45) is 3.47. The van der Waals surface area contributed by atoms with Gasteiger partial charge in [-0.1, -0.05) is 22.4 Å². The Labute approximate surface area is 135 Å². The van der Waals surface area contributed by atoms with Crippen molar-refractivity contribution in [1.82, 2.24) is 4.90 Å². The first kappa shape index (κ1) is 16.9. The van der Waals surface area contributed by atoms with Crippen LogP contribution in [-0.2, 0) is 9.84 Å². The predicted octanol–water partition coefficient (Wildman–Crippen LogP) is 2.28. The van der Waals surface area contributed by atoms with Crippen LogP contribution in [0.3, 0.4) is 0 Å². The van der Waals surface area contributed by atoms with Gasteiger partial charge in [0.25, 0.3) is 0 Å². The van der Waals surface area contributed by atoms with Crippen LogP contribution in [0.5, 0.6) is 0 Å². The Morgan fingerprint density at radius 3 is 2.57 bits per heavy atom. The van der Waals surface area contributed by atoms with Crippen molar-refractivity contribution in [2.24, 2.45) is 11.7 Å². The van der Waals surface area contributed by atoms with Gasteiger partial charge in [0.15, 0.2) is 9.84 Å². The SMILES string of the molecule is CN(CCS(=O)(=O)c1ccc(Br)cc1)C1CCCC1CN. The minimum Gasteiger partial charge on any atom is -0.330 e. The van der Waals surface area contributed by atoms with Gasteiger partial charge in [-0.15, -0.1) is 0 Å². The molecule has 0 saturated heterocycles. The van der Waals surface area contributed by atoms with Crippen LogP contribution in [0, 0.1) is 5.92 Å². The Bertz CT molecular complexity index is 560. The van der Waals surface area contributed by atoms with Crippen LogP contribution in [0.4, 0.5) is 0 Å². The number of halogens is 1. The summed E-state index contributed by atoms with van der Waals surface area (Å²) >= 11 is 3.32. The lowest BCUT2D eigenvalue weighted by molar-refractivity contribution is 0.211. The summed E-state index contributed by atoms with van der Waals surface area (Å²) in [5.74, 6) is 0.657. The molecule has 0 aromatic heterocycles. The average Bonchev–Trinajstić information content (AvgIpc) is 2.94. The fourth-order valence-electron chi connectivity index (χ4n) is 3.06. The Kier molecular flexibility index (Phi) is 5.82. The lowest BCUT2D eigenvalue weighted by Crippen LogP contribution is -2.40. The molecule has 2 rings (SSSR count). The van der Waals surface area contributed by atoms with Crippen molar-refractivity contribution in [3.8, 4) is 0 Å². The molecule has 0 bridgehead atoms. The van der Waals surface area contributed by atoms with Crippen molar-refractivity contribution >= 4 is 25.8 Å². The molecule has 0 aliphatic heterocycles. The fraction of sp³-hybridized carbons (Fsp3) is 0.600. The highest BCUT2D eigenvalue weighted by atomic mass is 79.9. The van der Waals surface area contributed by atoms with E-state index in [1.54, 1.807) is 24.3 Å². The van der Waals surface area contributed by atoms with E-state index in [0.29, 0.717) is 29.9 Å². The molecule has 21 heavy (non-hydrogen) atoms. The third kappa shape index (κ3) is 4.28. The number of nitrogens with two attached hydrogens (primary N) is 1. The molecule has 0 amide bonds. The lowest BCUT2D eigenvalue weighted by atomic mass is 10.0. The average molecular weight is 375 g/mol.